The van der Waals surface area contributed by atoms with Crippen molar-refractivity contribution in [1.82, 2.24) is 0 Å². The first-order valence-corrected chi connectivity index (χ1v) is 6.67. The number of rotatable bonds is 4. The third kappa shape index (κ3) is 7.14. The number of esters is 1. The maximum atomic E-state index is 11.4. The number of aliphatic imine (C=N–C) groups is 1. The van der Waals surface area contributed by atoms with Gasteiger partial charge >= 0.3 is 5.97 Å². The van der Waals surface area contributed by atoms with Gasteiger partial charge in [0.05, 0.1) is 0 Å². The van der Waals surface area contributed by atoms with Crippen molar-refractivity contribution in [2.45, 2.75) is 64.9 Å². The topological polar surface area (TPSA) is 38.7 Å². The van der Waals surface area contributed by atoms with Crippen molar-refractivity contribution in [3.63, 3.8) is 0 Å². The molecular formula is C14H25NO2. The third-order valence-corrected chi connectivity index (χ3v) is 2.93. The van der Waals surface area contributed by atoms with Gasteiger partial charge in [0, 0.05) is 0 Å². The van der Waals surface area contributed by atoms with Crippen LogP contribution in [0.2, 0.25) is 0 Å². The second-order valence-corrected chi connectivity index (χ2v) is 5.85. The van der Waals surface area contributed by atoms with Gasteiger partial charge in [-0.25, -0.2) is 0 Å². The fraction of sp³-hybridized carbons (Fsp3) is 0.857. The lowest BCUT2D eigenvalue weighted by atomic mass is 9.87. The van der Waals surface area contributed by atoms with Crippen LogP contribution < -0.4 is 0 Å². The van der Waals surface area contributed by atoms with Crippen LogP contribution in [0.3, 0.4) is 0 Å². The van der Waals surface area contributed by atoms with Gasteiger partial charge in [-0.05, 0) is 39.3 Å². The van der Waals surface area contributed by atoms with Crippen LogP contribution in [0.15, 0.2) is 4.99 Å². The van der Waals surface area contributed by atoms with E-state index in [-0.39, 0.29) is 12.5 Å². The molecule has 0 aromatic carbocycles. The normalized spacial score (nSPS) is 18.5. The van der Waals surface area contributed by atoms with E-state index in [9.17, 15) is 4.79 Å². The molecule has 0 heterocycles. The van der Waals surface area contributed by atoms with E-state index < -0.39 is 5.60 Å². The lowest BCUT2D eigenvalue weighted by Gasteiger charge is -2.19. The van der Waals surface area contributed by atoms with Gasteiger partial charge in [-0.3, -0.25) is 9.79 Å². The summed E-state index contributed by atoms with van der Waals surface area (Å²) in [6.07, 6.45) is 9.64. The monoisotopic (exact) mass is 239 g/mol. The molecule has 0 aromatic heterocycles. The Balaban J connectivity index is 2.14. The molecule has 1 aliphatic carbocycles. The summed E-state index contributed by atoms with van der Waals surface area (Å²) >= 11 is 0. The maximum Gasteiger partial charge on any atom is 0.328 e. The Morgan fingerprint density at radius 1 is 1.29 bits per heavy atom. The van der Waals surface area contributed by atoms with Gasteiger partial charge in [0.2, 0.25) is 0 Å². The van der Waals surface area contributed by atoms with E-state index in [0.29, 0.717) is 0 Å². The molecular weight excluding hydrogens is 214 g/mol. The number of ether oxygens (including phenoxy) is 1. The molecule has 1 saturated carbocycles. The molecule has 3 nitrogen and oxygen atoms in total. The van der Waals surface area contributed by atoms with E-state index in [1.807, 2.05) is 27.0 Å². The number of carbonyl (C=O) groups is 1. The number of carbonyl (C=O) groups excluding carboxylic acids is 1. The zero-order valence-electron chi connectivity index (χ0n) is 11.4. The molecule has 0 aliphatic heterocycles. The van der Waals surface area contributed by atoms with Gasteiger partial charge in [-0.2, -0.15) is 0 Å². The largest absolute Gasteiger partial charge is 0.459 e. The van der Waals surface area contributed by atoms with Crippen molar-refractivity contribution in [2.75, 3.05) is 6.54 Å². The van der Waals surface area contributed by atoms with Gasteiger partial charge < -0.3 is 4.74 Å². The van der Waals surface area contributed by atoms with E-state index in [4.69, 9.17) is 4.74 Å². The highest BCUT2D eigenvalue weighted by Crippen LogP contribution is 2.25. The summed E-state index contributed by atoms with van der Waals surface area (Å²) < 4.78 is 5.18. The molecule has 3 heteroatoms. The highest BCUT2D eigenvalue weighted by molar-refractivity contribution is 5.74. The Kier molecular flexibility index (Phi) is 5.66. The first-order chi connectivity index (χ1) is 7.97. The average Bonchev–Trinajstić information content (AvgIpc) is 2.23. The molecule has 0 amide bonds. The predicted molar refractivity (Wildman–Crippen MR) is 70.4 cm³/mol. The molecule has 0 radical (unpaired) electrons. The highest BCUT2D eigenvalue weighted by Gasteiger charge is 2.15. The third-order valence-electron chi connectivity index (χ3n) is 2.93. The van der Waals surface area contributed by atoms with Crippen molar-refractivity contribution < 1.29 is 9.53 Å². The Hall–Kier alpha value is -0.860. The summed E-state index contributed by atoms with van der Waals surface area (Å²) in [5, 5.41) is 0. The average molecular weight is 239 g/mol. The van der Waals surface area contributed by atoms with Gasteiger partial charge in [0.15, 0.2) is 0 Å². The van der Waals surface area contributed by atoms with Crippen molar-refractivity contribution in [3.8, 4) is 0 Å². The predicted octanol–water partition coefficient (Wildman–Crippen LogP) is 3.37. The molecule has 0 saturated heterocycles. The van der Waals surface area contributed by atoms with Crippen molar-refractivity contribution >= 4 is 12.2 Å². The first kappa shape index (κ1) is 14.2. The van der Waals surface area contributed by atoms with Gasteiger partial charge in [0.25, 0.3) is 0 Å². The van der Waals surface area contributed by atoms with Crippen LogP contribution in [0.1, 0.15) is 59.3 Å². The lowest BCUT2D eigenvalue weighted by molar-refractivity contribution is -0.152. The van der Waals surface area contributed by atoms with Crippen LogP contribution in [0.25, 0.3) is 0 Å². The Labute approximate surface area is 105 Å². The van der Waals surface area contributed by atoms with Crippen molar-refractivity contribution in [2.24, 2.45) is 10.9 Å². The molecule has 1 aliphatic rings. The molecule has 0 bridgehead atoms. The fourth-order valence-corrected chi connectivity index (χ4v) is 2.16. The molecule has 1 rings (SSSR count). The van der Waals surface area contributed by atoms with Crippen molar-refractivity contribution in [3.05, 3.63) is 0 Å². The number of hydrogen-bond donors (Lipinski definition) is 0. The number of hydrogen-bond acceptors (Lipinski definition) is 3. The lowest BCUT2D eigenvalue weighted by Crippen LogP contribution is -2.25. The molecule has 17 heavy (non-hydrogen) atoms. The smallest absolute Gasteiger partial charge is 0.328 e. The SMILES string of the molecule is CC(C)(C)OC(=O)C/N=C/CC1CCCCC1. The van der Waals surface area contributed by atoms with Crippen LogP contribution >= 0.6 is 0 Å². The molecule has 98 valence electrons. The molecule has 0 spiro atoms. The second kappa shape index (κ2) is 6.77. The minimum Gasteiger partial charge on any atom is -0.459 e. The van der Waals surface area contributed by atoms with Gasteiger partial charge in [-0.1, -0.05) is 32.1 Å². The van der Waals surface area contributed by atoms with Crippen LogP contribution in [-0.2, 0) is 9.53 Å². The zero-order chi connectivity index (χ0) is 12.7. The van der Waals surface area contributed by atoms with E-state index >= 15 is 0 Å². The molecule has 0 N–H and O–H groups in total. The van der Waals surface area contributed by atoms with Crippen LogP contribution in [-0.4, -0.2) is 24.3 Å². The van der Waals surface area contributed by atoms with Crippen LogP contribution in [0, 0.1) is 5.92 Å². The molecule has 0 atom stereocenters. The summed E-state index contributed by atoms with van der Waals surface area (Å²) in [4.78, 5) is 15.5. The first-order valence-electron chi connectivity index (χ1n) is 6.67. The zero-order valence-corrected chi connectivity index (χ0v) is 11.4. The fourth-order valence-electron chi connectivity index (χ4n) is 2.16. The quantitative estimate of drug-likeness (QED) is 0.557. The summed E-state index contributed by atoms with van der Waals surface area (Å²) in [6.45, 7) is 5.77. The Morgan fingerprint density at radius 2 is 1.94 bits per heavy atom. The maximum absolute atomic E-state index is 11.4. The summed E-state index contributed by atoms with van der Waals surface area (Å²) in [6, 6.07) is 0. The highest BCUT2D eigenvalue weighted by atomic mass is 16.6. The van der Waals surface area contributed by atoms with Crippen molar-refractivity contribution in [1.29, 1.82) is 0 Å². The minimum absolute atomic E-state index is 0.157. The second-order valence-electron chi connectivity index (χ2n) is 5.85. The minimum atomic E-state index is -0.407. The Morgan fingerprint density at radius 3 is 2.53 bits per heavy atom. The standard InChI is InChI=1S/C14H25NO2/c1-14(2,3)17-13(16)11-15-10-9-12-7-5-4-6-8-12/h10,12H,4-9,11H2,1-3H3/b15-10+. The van der Waals surface area contributed by atoms with E-state index in [1.54, 1.807) is 0 Å². The molecule has 0 unspecified atom stereocenters. The molecule has 1 fully saturated rings. The summed E-state index contributed by atoms with van der Waals surface area (Å²) in [5.74, 6) is 0.545. The summed E-state index contributed by atoms with van der Waals surface area (Å²) in [7, 11) is 0. The van der Waals surface area contributed by atoms with E-state index in [0.717, 1.165) is 12.3 Å². The molecule has 0 aromatic rings. The van der Waals surface area contributed by atoms with E-state index in [2.05, 4.69) is 4.99 Å². The van der Waals surface area contributed by atoms with Crippen LogP contribution in [0.4, 0.5) is 0 Å². The Bertz CT molecular complexity index is 260. The van der Waals surface area contributed by atoms with Gasteiger partial charge in [0.1, 0.15) is 12.1 Å². The summed E-state index contributed by atoms with van der Waals surface area (Å²) in [5.41, 5.74) is -0.407. The van der Waals surface area contributed by atoms with Crippen LogP contribution in [0.5, 0.6) is 0 Å². The van der Waals surface area contributed by atoms with E-state index in [1.165, 1.54) is 32.1 Å². The van der Waals surface area contributed by atoms with Gasteiger partial charge in [-0.15, -0.1) is 0 Å². The number of nitrogens with zero attached hydrogens (tertiary/aromatic N) is 1.